The van der Waals surface area contributed by atoms with Crippen LogP contribution in [0.5, 0.6) is 0 Å². The van der Waals surface area contributed by atoms with Gasteiger partial charge in [-0.15, -0.1) is 6.58 Å². The van der Waals surface area contributed by atoms with Crippen LogP contribution in [0.2, 0.25) is 10.0 Å². The minimum atomic E-state index is -0.469. The van der Waals surface area contributed by atoms with E-state index < -0.39 is 5.69 Å². The molecule has 0 spiro atoms. The van der Waals surface area contributed by atoms with Gasteiger partial charge in [0.05, 0.1) is 15.7 Å². The van der Waals surface area contributed by atoms with Gasteiger partial charge >= 0.3 is 5.69 Å². The van der Waals surface area contributed by atoms with Crippen molar-refractivity contribution in [3.8, 4) is 5.69 Å². The molecule has 0 unspecified atom stereocenters. The molecule has 0 saturated heterocycles. The maximum absolute atomic E-state index is 12.1. The lowest BCUT2D eigenvalue weighted by Crippen LogP contribution is -2.30. The summed E-state index contributed by atoms with van der Waals surface area (Å²) in [4.78, 5) is 20.2. The molecule has 0 radical (unpaired) electrons. The molecule has 0 aliphatic heterocycles. The summed E-state index contributed by atoms with van der Waals surface area (Å²) in [6.45, 7) is 5.77. The van der Waals surface area contributed by atoms with E-state index in [-0.39, 0.29) is 5.95 Å². The zero-order valence-corrected chi connectivity index (χ0v) is 12.7. The Balaban J connectivity index is 2.38. The van der Waals surface area contributed by atoms with E-state index in [0.29, 0.717) is 28.1 Å². The van der Waals surface area contributed by atoms with Crippen LogP contribution in [-0.4, -0.2) is 21.1 Å². The van der Waals surface area contributed by atoms with Crippen LogP contribution in [0.1, 0.15) is 5.82 Å². The maximum Gasteiger partial charge on any atom is 0.356 e. The molecule has 2 rings (SSSR count). The molecule has 6 nitrogen and oxygen atoms in total. The van der Waals surface area contributed by atoms with E-state index >= 15 is 0 Å². The molecule has 21 heavy (non-hydrogen) atoms. The smallest absolute Gasteiger partial charge is 0.289 e. The van der Waals surface area contributed by atoms with Crippen LogP contribution in [0.4, 0.5) is 5.95 Å². The quantitative estimate of drug-likeness (QED) is 0.501. The molecule has 1 heterocycles. The fraction of sp³-hybridized carbons (Fsp3) is 0.154. The lowest BCUT2D eigenvalue weighted by molar-refractivity contribution is 0.785. The highest BCUT2D eigenvalue weighted by molar-refractivity contribution is 6.42. The van der Waals surface area contributed by atoms with Gasteiger partial charge in [-0.05, 0) is 25.1 Å². The molecule has 0 saturated carbocycles. The highest BCUT2D eigenvalue weighted by Gasteiger charge is 2.10. The largest absolute Gasteiger partial charge is 0.356 e. The van der Waals surface area contributed by atoms with E-state index in [1.54, 1.807) is 31.2 Å². The lowest BCUT2D eigenvalue weighted by Gasteiger charge is -2.11. The van der Waals surface area contributed by atoms with Crippen LogP contribution < -0.4 is 16.5 Å². The molecule has 2 N–H and O–H groups in total. The predicted molar refractivity (Wildman–Crippen MR) is 84.2 cm³/mol. The van der Waals surface area contributed by atoms with E-state index in [0.717, 1.165) is 0 Å². The first kappa shape index (κ1) is 15.5. The van der Waals surface area contributed by atoms with Gasteiger partial charge in [0.1, 0.15) is 5.82 Å². The van der Waals surface area contributed by atoms with Gasteiger partial charge in [0.25, 0.3) is 0 Å². The van der Waals surface area contributed by atoms with Crippen molar-refractivity contribution in [1.82, 2.24) is 20.0 Å². The molecule has 110 valence electrons. The molecule has 0 bridgehead atoms. The maximum atomic E-state index is 12.1. The average molecular weight is 326 g/mol. The summed E-state index contributed by atoms with van der Waals surface area (Å²) >= 11 is 11.8. The summed E-state index contributed by atoms with van der Waals surface area (Å²) < 4.78 is 1.35. The lowest BCUT2D eigenvalue weighted by atomic mass is 10.3. The van der Waals surface area contributed by atoms with E-state index in [1.807, 2.05) is 0 Å². The van der Waals surface area contributed by atoms with Crippen LogP contribution >= 0.6 is 23.2 Å². The second-order valence-corrected chi connectivity index (χ2v) is 4.92. The molecular weight excluding hydrogens is 313 g/mol. The Morgan fingerprint density at radius 3 is 2.71 bits per heavy atom. The first-order chi connectivity index (χ1) is 10.0. The standard InChI is InChI=1S/C13H13Cl2N5O/c1-3-6-16-19-12-17-8(2)20(13(21)18-12)9-4-5-10(14)11(15)7-9/h3-5,7,16H,1,6H2,2H3,(H,18,19,21). The fourth-order valence-corrected chi connectivity index (χ4v) is 1.98. The van der Waals surface area contributed by atoms with Crippen molar-refractivity contribution >= 4 is 29.2 Å². The summed E-state index contributed by atoms with van der Waals surface area (Å²) in [6, 6.07) is 4.88. The van der Waals surface area contributed by atoms with Crippen molar-refractivity contribution in [2.75, 3.05) is 12.0 Å². The first-order valence-corrected chi connectivity index (χ1v) is 6.81. The van der Waals surface area contributed by atoms with E-state index in [2.05, 4.69) is 27.4 Å². The molecule has 2 aromatic rings. The third-order valence-corrected chi connectivity index (χ3v) is 3.33. The van der Waals surface area contributed by atoms with Crippen molar-refractivity contribution in [2.45, 2.75) is 6.92 Å². The molecule has 1 aromatic carbocycles. The highest BCUT2D eigenvalue weighted by atomic mass is 35.5. The van der Waals surface area contributed by atoms with Crippen molar-refractivity contribution in [2.24, 2.45) is 0 Å². The van der Waals surface area contributed by atoms with Gasteiger partial charge in [-0.1, -0.05) is 29.3 Å². The van der Waals surface area contributed by atoms with Crippen LogP contribution in [-0.2, 0) is 0 Å². The average Bonchev–Trinajstić information content (AvgIpc) is 2.42. The van der Waals surface area contributed by atoms with Crippen LogP contribution in [0, 0.1) is 6.92 Å². The monoisotopic (exact) mass is 325 g/mol. The van der Waals surface area contributed by atoms with Gasteiger partial charge in [0.2, 0.25) is 5.95 Å². The Morgan fingerprint density at radius 2 is 2.10 bits per heavy atom. The van der Waals surface area contributed by atoms with Crippen LogP contribution in [0.3, 0.4) is 0 Å². The van der Waals surface area contributed by atoms with Crippen molar-refractivity contribution in [1.29, 1.82) is 0 Å². The number of benzene rings is 1. The van der Waals surface area contributed by atoms with Crippen molar-refractivity contribution < 1.29 is 0 Å². The number of halogens is 2. The Labute approximate surface area is 131 Å². The number of hydrogen-bond acceptors (Lipinski definition) is 5. The predicted octanol–water partition coefficient (Wildman–Crippen LogP) is 2.35. The number of nitrogens with zero attached hydrogens (tertiary/aromatic N) is 3. The third kappa shape index (κ3) is 3.60. The van der Waals surface area contributed by atoms with E-state index in [9.17, 15) is 4.79 Å². The van der Waals surface area contributed by atoms with Gasteiger partial charge in [-0.2, -0.15) is 9.97 Å². The third-order valence-electron chi connectivity index (χ3n) is 2.59. The molecule has 1 aromatic heterocycles. The summed E-state index contributed by atoms with van der Waals surface area (Å²) in [5.41, 5.74) is 5.61. The Hall–Kier alpha value is -1.89. The summed E-state index contributed by atoms with van der Waals surface area (Å²) in [5, 5.41) is 0.772. The van der Waals surface area contributed by atoms with Gasteiger partial charge in [0, 0.05) is 6.54 Å². The van der Waals surface area contributed by atoms with Crippen molar-refractivity contribution in [3.63, 3.8) is 0 Å². The molecule has 0 aliphatic rings. The topological polar surface area (TPSA) is 71.8 Å². The first-order valence-electron chi connectivity index (χ1n) is 6.06. The highest BCUT2D eigenvalue weighted by Crippen LogP contribution is 2.24. The molecule has 0 aliphatic carbocycles. The summed E-state index contributed by atoms with van der Waals surface area (Å²) in [5.74, 6) is 0.659. The van der Waals surface area contributed by atoms with Crippen molar-refractivity contribution in [3.05, 3.63) is 57.2 Å². The summed E-state index contributed by atoms with van der Waals surface area (Å²) in [7, 11) is 0. The summed E-state index contributed by atoms with van der Waals surface area (Å²) in [6.07, 6.45) is 1.66. The second kappa shape index (κ2) is 6.71. The number of hydrogen-bond donors (Lipinski definition) is 2. The molecule has 0 fully saturated rings. The van der Waals surface area contributed by atoms with Crippen LogP contribution in [0.15, 0.2) is 35.6 Å². The van der Waals surface area contributed by atoms with Gasteiger partial charge in [-0.3, -0.25) is 5.43 Å². The normalized spacial score (nSPS) is 10.4. The minimum Gasteiger partial charge on any atom is -0.289 e. The molecular formula is C13H13Cl2N5O. The van der Waals surface area contributed by atoms with E-state index in [1.165, 1.54) is 4.57 Å². The van der Waals surface area contributed by atoms with E-state index in [4.69, 9.17) is 23.2 Å². The number of aryl methyl sites for hydroxylation is 1. The zero-order chi connectivity index (χ0) is 15.4. The van der Waals surface area contributed by atoms with Crippen LogP contribution in [0.25, 0.3) is 5.69 Å². The number of rotatable bonds is 5. The number of anilines is 1. The number of hydrazine groups is 1. The SMILES string of the molecule is C=CCNNc1nc(C)n(-c2ccc(Cl)c(Cl)c2)c(=O)n1. The van der Waals surface area contributed by atoms with Gasteiger partial charge < -0.3 is 0 Å². The Kier molecular flexibility index (Phi) is 4.95. The number of aromatic nitrogens is 3. The Bertz CT molecular complexity index is 729. The minimum absolute atomic E-state index is 0.190. The Morgan fingerprint density at radius 1 is 1.33 bits per heavy atom. The van der Waals surface area contributed by atoms with Gasteiger partial charge in [0.15, 0.2) is 0 Å². The van der Waals surface area contributed by atoms with Gasteiger partial charge in [-0.25, -0.2) is 14.8 Å². The fourth-order valence-electron chi connectivity index (χ4n) is 1.69. The number of nitrogens with one attached hydrogen (secondary N) is 2. The molecule has 8 heteroatoms. The zero-order valence-electron chi connectivity index (χ0n) is 11.2. The molecule has 0 atom stereocenters. The second-order valence-electron chi connectivity index (χ2n) is 4.11. The molecule has 0 amide bonds.